The van der Waals surface area contributed by atoms with Crippen molar-refractivity contribution >= 4 is 63.0 Å². The van der Waals surface area contributed by atoms with Crippen molar-refractivity contribution in [3.63, 3.8) is 0 Å². The maximum absolute atomic E-state index is 15.2. The summed E-state index contributed by atoms with van der Waals surface area (Å²) in [5.74, 6) is -6.55. The predicted molar refractivity (Wildman–Crippen MR) is 359 cm³/mol. The molecule has 3 aliphatic heterocycles. The molecule has 5 aromatic carbocycles. The first-order valence-corrected chi connectivity index (χ1v) is 34.3. The number of aliphatic hydroxyl groups is 4. The summed E-state index contributed by atoms with van der Waals surface area (Å²) in [5, 5.41) is 56.0. The number of aliphatic hydroxyl groups excluding tert-OH is 3. The normalized spacial score (nSPS) is 26.1. The van der Waals surface area contributed by atoms with Crippen LogP contribution in [0.25, 0.3) is 0 Å². The molecule has 1 saturated heterocycles. The van der Waals surface area contributed by atoms with Crippen molar-refractivity contribution in [1.29, 1.82) is 0 Å². The summed E-state index contributed by atoms with van der Waals surface area (Å²) in [6.45, 7) is 7.06. The van der Waals surface area contributed by atoms with Gasteiger partial charge < -0.3 is 64.5 Å². The monoisotopic (exact) mass is 1370 g/mol. The van der Waals surface area contributed by atoms with Crippen LogP contribution in [0, 0.1) is 16.7 Å². The summed E-state index contributed by atoms with van der Waals surface area (Å²) in [4.78, 5) is 104. The van der Waals surface area contributed by atoms with Gasteiger partial charge in [-0.15, -0.1) is 0 Å². The Morgan fingerprint density at radius 3 is 1.94 bits per heavy atom. The first-order valence-electron chi connectivity index (χ1n) is 32.9. The Hall–Kier alpha value is -8.56. The average Bonchev–Trinajstić information content (AvgIpc) is 0.902. The molecule has 1 spiro atoms. The van der Waals surface area contributed by atoms with Crippen molar-refractivity contribution in [2.45, 2.75) is 145 Å². The highest BCUT2D eigenvalue weighted by molar-refractivity contribution is 7.87. The van der Waals surface area contributed by atoms with Crippen molar-refractivity contribution < 1.29 is 86.1 Å². The van der Waals surface area contributed by atoms with Crippen molar-refractivity contribution in [3.8, 4) is 11.5 Å². The maximum Gasteiger partial charge on any atom is 0.338 e. The van der Waals surface area contributed by atoms with E-state index in [1.54, 1.807) is 92.7 Å². The highest BCUT2D eigenvalue weighted by atomic mass is 32.2. The van der Waals surface area contributed by atoms with Crippen molar-refractivity contribution in [2.75, 3.05) is 65.2 Å². The molecule has 0 radical (unpaired) electrons. The van der Waals surface area contributed by atoms with Crippen LogP contribution in [0.4, 0.5) is 11.4 Å². The third-order valence-electron chi connectivity index (χ3n) is 21.1. The van der Waals surface area contributed by atoms with E-state index in [2.05, 4.69) is 10.6 Å². The molecule has 6 aliphatic rings. The average molecular weight is 1370 g/mol. The summed E-state index contributed by atoms with van der Waals surface area (Å²) < 4.78 is 62.2. The van der Waals surface area contributed by atoms with Crippen molar-refractivity contribution in [1.82, 2.24) is 19.2 Å². The van der Waals surface area contributed by atoms with Crippen LogP contribution < -0.4 is 25.2 Å². The number of rotatable bonds is 21. The summed E-state index contributed by atoms with van der Waals surface area (Å²) in [5.41, 5.74) is -6.39. The standard InChI is InChI=1S/C73H86N6O18S/c1-41-54(39-72(90)64(96-67(88)44-25-19-16-20-26-44)62-70(5,63(85)60(83)58(41)69(72,3)4)55(81)38-56-71(62,40-93-56)97-42(2)80)95-68(89)61(84)59(43-23-17-15-18-24-43)75-57(82)27-21-13-12-14-22-34-74-65(86)45-28-31-48-51(35-45)73(79(66(48)87)98(91,92)78(10)11)49-32-29-46(76(6)7)36-52(49)94-53-37-47(77(8)9)30-33-50(53)73/h15-20,23-26,28-33,35-37,54-56,59-62,64,81,83-84,90H,12-14,21-22,27,34,38-40H2,1-11H3,(H,74,86)(H,75,82)/t54-,55-,56+,59-,60+,61+,62-,64-,70+,71-,72+/m0/s1. The van der Waals surface area contributed by atoms with Gasteiger partial charge in [-0.1, -0.05) is 93.8 Å². The Bertz CT molecular complexity index is 4090. The summed E-state index contributed by atoms with van der Waals surface area (Å²) in [7, 11) is 5.65. The molecular weight excluding hydrogens is 1280 g/mol. The molecule has 3 amide bonds. The Morgan fingerprint density at radius 2 is 1.36 bits per heavy atom. The van der Waals surface area contributed by atoms with Gasteiger partial charge in [0.15, 0.2) is 17.5 Å². The minimum Gasteiger partial charge on any atom is -0.456 e. The predicted octanol–water partition coefficient (Wildman–Crippen LogP) is 6.41. The van der Waals surface area contributed by atoms with E-state index in [0.29, 0.717) is 60.3 Å². The minimum absolute atomic E-state index is 0.00734. The maximum atomic E-state index is 15.2. The molecule has 3 fully saturated rings. The molecule has 24 nitrogen and oxygen atoms in total. The zero-order chi connectivity index (χ0) is 70.9. The van der Waals surface area contributed by atoms with E-state index < -0.39 is 134 Å². The van der Waals surface area contributed by atoms with Gasteiger partial charge in [0.2, 0.25) is 5.91 Å². The number of amides is 3. The number of carbonyl (C=O) groups excluding carboxylic acids is 7. The Labute approximate surface area is 570 Å². The minimum atomic E-state index is -4.52. The molecule has 6 N–H and O–H groups in total. The molecule has 0 unspecified atom stereocenters. The van der Waals surface area contributed by atoms with Gasteiger partial charge in [-0.25, -0.2) is 13.9 Å². The van der Waals surface area contributed by atoms with E-state index in [4.69, 9.17) is 23.7 Å². The second-order valence-electron chi connectivity index (χ2n) is 27.9. The first-order chi connectivity index (χ1) is 46.3. The number of benzene rings is 5. The SMILES string of the molecule is CC(=O)O[C@@]12CO[C@@H]1C[C@H](O)[C@@]1(C)C(=O)[C@H](O)C3=C(C)[C@@H](OC(=O)[C@H](O)[C@@H](NC(=O)CCCCCCCNC(=O)c4ccc5c(c4)C4(c6ccc(N(C)C)cc6Oc6cc(N(C)C)ccc64)N(S(=O)(=O)N(C)C)C5=O)c4ccccc4)C[C@@](O)([C@@H](OC(=O)c4ccccc4)[C@H]21)C3(C)C. The van der Waals surface area contributed by atoms with Gasteiger partial charge in [-0.05, 0) is 85.9 Å². The van der Waals surface area contributed by atoms with E-state index >= 15 is 4.79 Å². The van der Waals surface area contributed by atoms with E-state index in [0.717, 1.165) is 26.9 Å². The molecule has 3 aliphatic carbocycles. The van der Waals surface area contributed by atoms with Crippen LogP contribution in [0.3, 0.4) is 0 Å². The van der Waals surface area contributed by atoms with Crippen LogP contribution in [-0.4, -0.2) is 182 Å². The molecule has 2 saturated carbocycles. The number of carbonyl (C=O) groups is 7. The van der Waals surface area contributed by atoms with Crippen molar-refractivity contribution in [2.24, 2.45) is 16.7 Å². The molecule has 11 rings (SSSR count). The van der Waals surface area contributed by atoms with E-state index in [1.165, 1.54) is 52.2 Å². The van der Waals surface area contributed by atoms with E-state index in [1.807, 2.05) is 50.1 Å². The van der Waals surface area contributed by atoms with Gasteiger partial charge in [0.05, 0.1) is 35.6 Å². The Morgan fingerprint density at radius 1 is 0.755 bits per heavy atom. The zero-order valence-corrected chi connectivity index (χ0v) is 57.7. The molecule has 522 valence electrons. The largest absolute Gasteiger partial charge is 0.456 e. The van der Waals surface area contributed by atoms with Crippen LogP contribution in [-0.2, 0) is 53.9 Å². The third-order valence-corrected chi connectivity index (χ3v) is 22.9. The van der Waals surface area contributed by atoms with Crippen LogP contribution in [0.1, 0.15) is 145 Å². The fourth-order valence-electron chi connectivity index (χ4n) is 15.7. The first kappa shape index (κ1) is 70.7. The molecule has 0 aromatic heterocycles. The third kappa shape index (κ3) is 11.7. The smallest absolute Gasteiger partial charge is 0.338 e. The Balaban J connectivity index is 0.762. The van der Waals surface area contributed by atoms with Gasteiger partial charge in [0, 0.05) is 132 Å². The van der Waals surface area contributed by atoms with Gasteiger partial charge in [-0.2, -0.15) is 12.7 Å². The van der Waals surface area contributed by atoms with Crippen LogP contribution >= 0.6 is 0 Å². The number of nitrogens with one attached hydrogen (secondary N) is 2. The van der Waals surface area contributed by atoms with Crippen LogP contribution in [0.15, 0.2) is 126 Å². The second-order valence-corrected chi connectivity index (χ2v) is 29.8. The number of hydrogen-bond donors (Lipinski definition) is 6. The number of Topliss-reactive ketones (excluding diaryl/α,β-unsaturated/α-hetero) is 1. The Kier molecular flexibility index (Phi) is 19.2. The lowest BCUT2D eigenvalue weighted by atomic mass is 9.44. The summed E-state index contributed by atoms with van der Waals surface area (Å²) in [6.07, 6.45) is -8.03. The van der Waals surface area contributed by atoms with Gasteiger partial charge >= 0.3 is 28.1 Å². The molecule has 3 heterocycles. The number of ether oxygens (including phenoxy) is 5. The number of anilines is 2. The number of esters is 3. The number of nitrogens with zero attached hydrogens (tertiary/aromatic N) is 4. The topological polar surface area (TPSA) is 318 Å². The lowest BCUT2D eigenvalue weighted by Crippen LogP contribution is -2.81. The fraction of sp³-hybridized carbons (Fsp3) is 0.466. The second kappa shape index (κ2) is 26.6. The lowest BCUT2D eigenvalue weighted by molar-refractivity contribution is -0.346. The van der Waals surface area contributed by atoms with E-state index in [9.17, 15) is 57.6 Å². The highest BCUT2D eigenvalue weighted by Crippen LogP contribution is 2.65. The number of ketones is 1. The van der Waals surface area contributed by atoms with Crippen LogP contribution in [0.2, 0.25) is 0 Å². The van der Waals surface area contributed by atoms with Crippen molar-refractivity contribution in [3.05, 3.63) is 165 Å². The summed E-state index contributed by atoms with van der Waals surface area (Å²) in [6, 6.07) is 30.0. The fourth-order valence-corrected chi connectivity index (χ4v) is 17.0. The van der Waals surface area contributed by atoms with Gasteiger partial charge in [0.25, 0.3) is 11.8 Å². The van der Waals surface area contributed by atoms with E-state index in [-0.39, 0.29) is 59.4 Å². The molecule has 98 heavy (non-hydrogen) atoms. The number of unbranched alkanes of at least 4 members (excludes halogenated alkanes) is 4. The molecule has 25 heteroatoms. The lowest BCUT2D eigenvalue weighted by Gasteiger charge is -2.67. The molecule has 5 aromatic rings. The quantitative estimate of drug-likeness (QED) is 0.0200. The molecule has 2 bridgehead atoms. The summed E-state index contributed by atoms with van der Waals surface area (Å²) >= 11 is 0. The zero-order valence-electron chi connectivity index (χ0n) is 56.9. The number of fused-ring (bicyclic) bond motifs is 11. The van der Waals surface area contributed by atoms with Gasteiger partial charge in [-0.3, -0.25) is 24.0 Å². The molecule has 11 atom stereocenters. The number of hydrogen-bond acceptors (Lipinski definition) is 20. The van der Waals surface area contributed by atoms with Crippen LogP contribution in [0.5, 0.6) is 11.5 Å². The molecular formula is C73H86N6O18S. The van der Waals surface area contributed by atoms with Gasteiger partial charge in [0.1, 0.15) is 47.1 Å². The highest BCUT2D eigenvalue weighted by Gasteiger charge is 2.78.